The third kappa shape index (κ3) is 6.42. The van der Waals surface area contributed by atoms with Gasteiger partial charge >= 0.3 is 24.2 Å². The molecule has 1 amide bonds. The van der Waals surface area contributed by atoms with Crippen LogP contribution in [0.1, 0.15) is 12.1 Å². The molecule has 1 aromatic rings. The molecule has 0 aliphatic carbocycles. The number of rotatable bonds is 6. The minimum Gasteiger partial charge on any atom is -0.459 e. The normalized spacial score (nSPS) is 11.9. The second kappa shape index (κ2) is 7.97. The molecule has 0 aliphatic heterocycles. The van der Waals surface area contributed by atoms with E-state index >= 15 is 0 Å². The van der Waals surface area contributed by atoms with E-state index in [0.717, 1.165) is 0 Å². The minimum absolute atomic E-state index is 0.169. The van der Waals surface area contributed by atoms with Crippen LogP contribution in [0.15, 0.2) is 24.4 Å². The molecule has 0 N–H and O–H groups in total. The smallest absolute Gasteiger partial charge is 0.459 e. The summed E-state index contributed by atoms with van der Waals surface area (Å²) in [4.78, 5) is 26.0. The number of halogens is 6. The molecule has 11 heteroatoms. The number of pyridine rings is 1. The Labute approximate surface area is 132 Å². The molecule has 0 bridgehead atoms. The number of alkyl halides is 6. The zero-order valence-corrected chi connectivity index (χ0v) is 12.0. The first kappa shape index (κ1) is 19.7. The highest BCUT2D eigenvalue weighted by Gasteiger charge is 2.43. The van der Waals surface area contributed by atoms with Gasteiger partial charge in [0.25, 0.3) is 0 Å². The standard InChI is InChI=1S/C13H12F6N2O3/c14-12(15,16)10(22)21(8-9-4-1-2-5-20-9)6-3-7-24-11(23)13(17,18)19/h1-2,4-5H,3,6-8H2. The quantitative estimate of drug-likeness (QED) is 0.445. The van der Waals surface area contributed by atoms with Crippen molar-refractivity contribution in [3.8, 4) is 0 Å². The van der Waals surface area contributed by atoms with Crippen LogP contribution in [-0.4, -0.2) is 47.3 Å². The fraction of sp³-hybridized carbons (Fsp3) is 0.462. The first-order valence-corrected chi connectivity index (χ1v) is 6.52. The summed E-state index contributed by atoms with van der Waals surface area (Å²) in [5.74, 6) is -4.60. The van der Waals surface area contributed by atoms with Crippen LogP contribution in [0.3, 0.4) is 0 Å². The fourth-order valence-electron chi connectivity index (χ4n) is 1.62. The van der Waals surface area contributed by atoms with Crippen LogP contribution in [0.25, 0.3) is 0 Å². The Morgan fingerprint density at radius 3 is 2.25 bits per heavy atom. The van der Waals surface area contributed by atoms with Crippen molar-refractivity contribution in [3.05, 3.63) is 30.1 Å². The lowest BCUT2D eigenvalue weighted by Crippen LogP contribution is -2.41. The van der Waals surface area contributed by atoms with Crippen molar-refractivity contribution in [1.29, 1.82) is 0 Å². The van der Waals surface area contributed by atoms with Crippen molar-refractivity contribution in [2.75, 3.05) is 13.2 Å². The number of ether oxygens (including phenoxy) is 1. The third-order valence-corrected chi connectivity index (χ3v) is 2.65. The van der Waals surface area contributed by atoms with E-state index in [2.05, 4.69) is 9.72 Å². The summed E-state index contributed by atoms with van der Waals surface area (Å²) in [6, 6.07) is 4.42. The molecule has 0 saturated carbocycles. The molecule has 5 nitrogen and oxygen atoms in total. The number of hydrogen-bond donors (Lipinski definition) is 0. The lowest BCUT2D eigenvalue weighted by Gasteiger charge is -2.23. The number of hydrogen-bond acceptors (Lipinski definition) is 4. The molecular formula is C13H12F6N2O3. The van der Waals surface area contributed by atoms with Gasteiger partial charge in [0.15, 0.2) is 0 Å². The number of carbonyl (C=O) groups is 2. The van der Waals surface area contributed by atoms with Gasteiger partial charge in [-0.2, -0.15) is 26.3 Å². The van der Waals surface area contributed by atoms with Crippen LogP contribution >= 0.6 is 0 Å². The average Bonchev–Trinajstić information content (AvgIpc) is 2.48. The van der Waals surface area contributed by atoms with Gasteiger partial charge in [-0.25, -0.2) is 4.79 Å². The van der Waals surface area contributed by atoms with Crippen LogP contribution in [0.2, 0.25) is 0 Å². The molecule has 1 rings (SSSR count). The maximum atomic E-state index is 12.5. The Morgan fingerprint density at radius 1 is 1.08 bits per heavy atom. The topological polar surface area (TPSA) is 59.5 Å². The molecular weight excluding hydrogens is 346 g/mol. The van der Waals surface area contributed by atoms with Gasteiger partial charge in [0.1, 0.15) is 0 Å². The van der Waals surface area contributed by atoms with E-state index in [9.17, 15) is 35.9 Å². The average molecular weight is 358 g/mol. The van der Waals surface area contributed by atoms with Crippen molar-refractivity contribution in [3.63, 3.8) is 0 Å². The second-order valence-corrected chi connectivity index (χ2v) is 4.53. The number of aromatic nitrogens is 1. The van der Waals surface area contributed by atoms with Crippen LogP contribution in [0.4, 0.5) is 26.3 Å². The van der Waals surface area contributed by atoms with Gasteiger partial charge in [0.05, 0.1) is 18.8 Å². The summed E-state index contributed by atoms with van der Waals surface area (Å²) in [5, 5.41) is 0. The van der Waals surface area contributed by atoms with Crippen molar-refractivity contribution >= 4 is 11.9 Å². The van der Waals surface area contributed by atoms with Gasteiger partial charge in [-0.1, -0.05) is 6.07 Å². The van der Waals surface area contributed by atoms with Crippen LogP contribution in [0, 0.1) is 0 Å². The summed E-state index contributed by atoms with van der Waals surface area (Å²) in [6.07, 6.45) is -9.40. The summed E-state index contributed by atoms with van der Waals surface area (Å²) in [5.41, 5.74) is 0.169. The molecule has 1 aromatic heterocycles. The fourth-order valence-corrected chi connectivity index (χ4v) is 1.62. The summed E-state index contributed by atoms with van der Waals surface area (Å²) in [6.45, 7) is -1.81. The Bertz CT molecular complexity index is 559. The van der Waals surface area contributed by atoms with Crippen LogP contribution in [-0.2, 0) is 20.9 Å². The maximum Gasteiger partial charge on any atom is 0.490 e. The summed E-state index contributed by atoms with van der Waals surface area (Å²) in [7, 11) is 0. The molecule has 0 aliphatic rings. The van der Waals surface area contributed by atoms with Gasteiger partial charge in [-0.3, -0.25) is 9.78 Å². The Hall–Kier alpha value is -2.33. The highest BCUT2D eigenvalue weighted by molar-refractivity contribution is 5.81. The van der Waals surface area contributed by atoms with E-state index < -0.39 is 50.3 Å². The molecule has 0 fully saturated rings. The van der Waals surface area contributed by atoms with Crippen molar-refractivity contribution in [2.24, 2.45) is 0 Å². The van der Waals surface area contributed by atoms with E-state index in [1.54, 1.807) is 0 Å². The van der Waals surface area contributed by atoms with Gasteiger partial charge in [-0.15, -0.1) is 0 Å². The lowest BCUT2D eigenvalue weighted by atomic mass is 10.3. The molecule has 0 atom stereocenters. The van der Waals surface area contributed by atoms with Crippen molar-refractivity contribution < 1.29 is 40.7 Å². The van der Waals surface area contributed by atoms with E-state index in [1.807, 2.05) is 0 Å². The Kier molecular flexibility index (Phi) is 6.55. The number of esters is 1. The maximum absolute atomic E-state index is 12.5. The second-order valence-electron chi connectivity index (χ2n) is 4.53. The van der Waals surface area contributed by atoms with Gasteiger partial charge in [0, 0.05) is 12.7 Å². The van der Waals surface area contributed by atoms with Crippen molar-refractivity contribution in [1.82, 2.24) is 9.88 Å². The number of carbonyl (C=O) groups excluding carboxylic acids is 2. The Morgan fingerprint density at radius 2 is 1.75 bits per heavy atom. The molecule has 0 saturated heterocycles. The predicted molar refractivity (Wildman–Crippen MR) is 67.3 cm³/mol. The summed E-state index contributed by atoms with van der Waals surface area (Å²) >= 11 is 0. The van der Waals surface area contributed by atoms with E-state index in [4.69, 9.17) is 0 Å². The van der Waals surface area contributed by atoms with Crippen molar-refractivity contribution in [2.45, 2.75) is 25.3 Å². The zero-order chi connectivity index (χ0) is 18.4. The first-order valence-electron chi connectivity index (χ1n) is 6.52. The van der Waals surface area contributed by atoms with Gasteiger partial charge < -0.3 is 9.64 Å². The third-order valence-electron chi connectivity index (χ3n) is 2.65. The molecule has 0 spiro atoms. The number of nitrogens with zero attached hydrogens (tertiary/aromatic N) is 2. The minimum atomic E-state index is -5.19. The highest BCUT2D eigenvalue weighted by Crippen LogP contribution is 2.20. The SMILES string of the molecule is O=C(OCCCN(Cc1ccccn1)C(=O)C(F)(F)F)C(F)(F)F. The van der Waals surface area contributed by atoms with Gasteiger partial charge in [-0.05, 0) is 18.6 Å². The van der Waals surface area contributed by atoms with Gasteiger partial charge in [0.2, 0.25) is 0 Å². The first-order chi connectivity index (χ1) is 11.0. The molecule has 0 unspecified atom stereocenters. The Balaban J connectivity index is 2.63. The molecule has 0 radical (unpaired) electrons. The largest absolute Gasteiger partial charge is 0.490 e. The monoisotopic (exact) mass is 358 g/mol. The van der Waals surface area contributed by atoms with Crippen LogP contribution in [0.5, 0.6) is 0 Å². The molecule has 134 valence electrons. The number of amides is 1. The highest BCUT2D eigenvalue weighted by atomic mass is 19.4. The van der Waals surface area contributed by atoms with Crippen LogP contribution < -0.4 is 0 Å². The molecule has 0 aromatic carbocycles. The summed E-state index contributed by atoms with van der Waals surface area (Å²) < 4.78 is 77.3. The van der Waals surface area contributed by atoms with E-state index in [0.29, 0.717) is 4.90 Å². The lowest BCUT2D eigenvalue weighted by molar-refractivity contribution is -0.200. The molecule has 1 heterocycles. The zero-order valence-electron chi connectivity index (χ0n) is 12.0. The van der Waals surface area contributed by atoms with E-state index in [-0.39, 0.29) is 5.69 Å². The van der Waals surface area contributed by atoms with E-state index in [1.165, 1.54) is 24.4 Å². The predicted octanol–water partition coefficient (Wildman–Crippen LogP) is 2.47. The molecule has 24 heavy (non-hydrogen) atoms.